The highest BCUT2D eigenvalue weighted by atomic mass is 32.1. The van der Waals surface area contributed by atoms with Gasteiger partial charge in [0.2, 0.25) is 5.91 Å². The highest BCUT2D eigenvalue weighted by molar-refractivity contribution is 7.80. The van der Waals surface area contributed by atoms with Gasteiger partial charge in [-0.15, -0.1) is 0 Å². The summed E-state index contributed by atoms with van der Waals surface area (Å²) in [6, 6.07) is 13.4. The van der Waals surface area contributed by atoms with Crippen LogP contribution in [-0.4, -0.2) is 16.8 Å². The molecule has 0 aliphatic heterocycles. The first-order valence-electron chi connectivity index (χ1n) is 6.54. The number of carbonyl (C=O) groups is 2. The Kier molecular flexibility index (Phi) is 4.85. The minimum atomic E-state index is -0.508. The van der Waals surface area contributed by atoms with E-state index in [1.807, 2.05) is 12.1 Å². The number of benzene rings is 2. The second kappa shape index (κ2) is 6.82. The van der Waals surface area contributed by atoms with Gasteiger partial charge in [0.15, 0.2) is 0 Å². The van der Waals surface area contributed by atoms with Crippen LogP contribution in [0.5, 0.6) is 0 Å². The normalized spacial score (nSPS) is 10.0. The van der Waals surface area contributed by atoms with Crippen molar-refractivity contribution in [2.24, 2.45) is 11.5 Å². The molecule has 0 radical (unpaired) electrons. The number of anilines is 1. The van der Waals surface area contributed by atoms with Gasteiger partial charge < -0.3 is 16.8 Å². The Balaban J connectivity index is 2.05. The van der Waals surface area contributed by atoms with Crippen molar-refractivity contribution in [1.82, 2.24) is 0 Å². The fourth-order valence-electron chi connectivity index (χ4n) is 1.90. The molecule has 6 heteroatoms. The average Bonchev–Trinajstić information content (AvgIpc) is 2.48. The second-order valence-electron chi connectivity index (χ2n) is 4.74. The summed E-state index contributed by atoms with van der Waals surface area (Å²) in [4.78, 5) is 23.5. The summed E-state index contributed by atoms with van der Waals surface area (Å²) in [6.07, 6.45) is 0.506. The minimum absolute atomic E-state index is 0.242. The van der Waals surface area contributed by atoms with E-state index >= 15 is 0 Å². The number of rotatable bonds is 5. The second-order valence-corrected chi connectivity index (χ2v) is 5.26. The molecule has 0 saturated carbocycles. The number of amides is 2. The third-order valence-electron chi connectivity index (χ3n) is 3.02. The molecule has 0 spiro atoms. The van der Waals surface area contributed by atoms with E-state index in [9.17, 15) is 9.59 Å². The van der Waals surface area contributed by atoms with Crippen LogP contribution in [0.3, 0.4) is 0 Å². The van der Waals surface area contributed by atoms with Crippen LogP contribution >= 0.6 is 12.2 Å². The van der Waals surface area contributed by atoms with Crippen LogP contribution in [0.4, 0.5) is 5.69 Å². The molecule has 2 aromatic carbocycles. The molecule has 22 heavy (non-hydrogen) atoms. The Labute approximate surface area is 133 Å². The molecular weight excluding hydrogens is 298 g/mol. The number of primary amides is 1. The van der Waals surface area contributed by atoms with Gasteiger partial charge in [-0.05, 0) is 42.0 Å². The zero-order valence-corrected chi connectivity index (χ0v) is 12.5. The quantitative estimate of drug-likeness (QED) is 0.734. The van der Waals surface area contributed by atoms with E-state index < -0.39 is 5.91 Å². The lowest BCUT2D eigenvalue weighted by atomic mass is 10.1. The van der Waals surface area contributed by atoms with Gasteiger partial charge in [-0.2, -0.15) is 0 Å². The molecule has 0 unspecified atom stereocenters. The lowest BCUT2D eigenvalue weighted by Crippen LogP contribution is -2.14. The highest BCUT2D eigenvalue weighted by Gasteiger charge is 2.07. The summed E-state index contributed by atoms with van der Waals surface area (Å²) >= 11 is 4.84. The maximum absolute atomic E-state index is 12.1. The van der Waals surface area contributed by atoms with E-state index in [4.69, 9.17) is 23.7 Å². The Morgan fingerprint density at radius 3 is 1.95 bits per heavy atom. The molecule has 0 aromatic heterocycles. The predicted molar refractivity (Wildman–Crippen MR) is 89.8 cm³/mol. The van der Waals surface area contributed by atoms with Crippen LogP contribution in [0.2, 0.25) is 0 Å². The third-order valence-corrected chi connectivity index (χ3v) is 3.17. The fourth-order valence-corrected chi connectivity index (χ4v) is 2.06. The Morgan fingerprint density at radius 1 is 0.909 bits per heavy atom. The molecule has 2 rings (SSSR count). The Bertz CT molecular complexity index is 709. The van der Waals surface area contributed by atoms with Crippen molar-refractivity contribution < 1.29 is 9.59 Å². The van der Waals surface area contributed by atoms with E-state index in [0.29, 0.717) is 28.2 Å². The van der Waals surface area contributed by atoms with Gasteiger partial charge in [0.05, 0.1) is 4.99 Å². The average molecular weight is 313 g/mol. The first-order valence-corrected chi connectivity index (χ1v) is 6.95. The van der Waals surface area contributed by atoms with Crippen molar-refractivity contribution in [3.63, 3.8) is 0 Å². The number of nitrogens with two attached hydrogens (primary N) is 2. The topological polar surface area (TPSA) is 98.2 Å². The number of hydrogen-bond acceptors (Lipinski definition) is 3. The number of thiocarbonyl (C=S) groups is 1. The SMILES string of the molecule is NC(=O)c1ccc(NC(=O)c2ccc(CC(N)=S)cc2)cc1. The number of hydrogen-bond donors (Lipinski definition) is 3. The van der Waals surface area contributed by atoms with Crippen molar-refractivity contribution in [2.75, 3.05) is 5.32 Å². The maximum atomic E-state index is 12.1. The molecule has 2 aromatic rings. The molecule has 0 fully saturated rings. The molecule has 0 atom stereocenters. The van der Waals surface area contributed by atoms with Gasteiger partial charge in [0, 0.05) is 23.2 Å². The zero-order valence-electron chi connectivity index (χ0n) is 11.7. The third kappa shape index (κ3) is 4.13. The van der Waals surface area contributed by atoms with Crippen molar-refractivity contribution in [3.05, 3.63) is 65.2 Å². The lowest BCUT2D eigenvalue weighted by molar-refractivity contribution is 0.0998. The van der Waals surface area contributed by atoms with Crippen LogP contribution in [-0.2, 0) is 6.42 Å². The summed E-state index contributed by atoms with van der Waals surface area (Å²) in [7, 11) is 0. The molecule has 0 heterocycles. The molecular formula is C16H15N3O2S. The maximum Gasteiger partial charge on any atom is 0.255 e. The summed E-state index contributed by atoms with van der Waals surface area (Å²) < 4.78 is 0. The van der Waals surface area contributed by atoms with Crippen LogP contribution in [0, 0.1) is 0 Å². The van der Waals surface area contributed by atoms with Crippen LogP contribution < -0.4 is 16.8 Å². The van der Waals surface area contributed by atoms with Crippen molar-refractivity contribution >= 4 is 34.7 Å². The molecule has 0 aliphatic rings. The van der Waals surface area contributed by atoms with Gasteiger partial charge in [-0.1, -0.05) is 24.4 Å². The van der Waals surface area contributed by atoms with E-state index in [0.717, 1.165) is 5.56 Å². The molecule has 5 N–H and O–H groups in total. The largest absolute Gasteiger partial charge is 0.393 e. The van der Waals surface area contributed by atoms with Gasteiger partial charge in [0.25, 0.3) is 5.91 Å². The van der Waals surface area contributed by atoms with Gasteiger partial charge >= 0.3 is 0 Å². The molecule has 0 aliphatic carbocycles. The van der Waals surface area contributed by atoms with Crippen LogP contribution in [0.15, 0.2) is 48.5 Å². The first kappa shape index (κ1) is 15.7. The van der Waals surface area contributed by atoms with Gasteiger partial charge in [-0.3, -0.25) is 9.59 Å². The Hall–Kier alpha value is -2.73. The zero-order chi connectivity index (χ0) is 16.1. The molecule has 0 bridgehead atoms. The first-order chi connectivity index (χ1) is 10.5. The molecule has 0 saturated heterocycles. The summed E-state index contributed by atoms with van der Waals surface area (Å²) in [5.74, 6) is -0.750. The number of carbonyl (C=O) groups excluding carboxylic acids is 2. The summed E-state index contributed by atoms with van der Waals surface area (Å²) in [6.45, 7) is 0. The molecule has 2 amide bonds. The number of nitrogens with one attached hydrogen (secondary N) is 1. The van der Waals surface area contributed by atoms with E-state index in [-0.39, 0.29) is 5.91 Å². The van der Waals surface area contributed by atoms with Crippen molar-refractivity contribution in [1.29, 1.82) is 0 Å². The van der Waals surface area contributed by atoms with E-state index in [1.54, 1.807) is 36.4 Å². The Morgan fingerprint density at radius 2 is 1.45 bits per heavy atom. The van der Waals surface area contributed by atoms with Crippen molar-refractivity contribution in [3.8, 4) is 0 Å². The summed E-state index contributed by atoms with van der Waals surface area (Å²) in [5, 5.41) is 2.74. The standard InChI is InChI=1S/C16H15N3O2S/c17-14(22)9-10-1-3-12(4-2-10)16(21)19-13-7-5-11(6-8-13)15(18)20/h1-8H,9H2,(H2,17,22)(H2,18,20)(H,19,21). The molecule has 112 valence electrons. The van der Waals surface area contributed by atoms with Gasteiger partial charge in [0.1, 0.15) is 0 Å². The fraction of sp³-hybridized carbons (Fsp3) is 0.0625. The van der Waals surface area contributed by atoms with E-state index in [2.05, 4.69) is 5.32 Å². The minimum Gasteiger partial charge on any atom is -0.393 e. The lowest BCUT2D eigenvalue weighted by Gasteiger charge is -2.07. The van der Waals surface area contributed by atoms with Crippen LogP contribution in [0.25, 0.3) is 0 Å². The highest BCUT2D eigenvalue weighted by Crippen LogP contribution is 2.12. The van der Waals surface area contributed by atoms with Crippen LogP contribution in [0.1, 0.15) is 26.3 Å². The summed E-state index contributed by atoms with van der Waals surface area (Å²) in [5.41, 5.74) is 13.1. The monoisotopic (exact) mass is 313 g/mol. The predicted octanol–water partition coefficient (Wildman–Crippen LogP) is 1.87. The van der Waals surface area contributed by atoms with E-state index in [1.165, 1.54) is 0 Å². The molecule has 5 nitrogen and oxygen atoms in total. The van der Waals surface area contributed by atoms with Gasteiger partial charge in [-0.25, -0.2) is 0 Å². The smallest absolute Gasteiger partial charge is 0.255 e. The van der Waals surface area contributed by atoms with Crippen molar-refractivity contribution in [2.45, 2.75) is 6.42 Å².